The van der Waals surface area contributed by atoms with Gasteiger partial charge in [0.15, 0.2) is 0 Å². The van der Waals surface area contributed by atoms with Gasteiger partial charge in [0.2, 0.25) is 0 Å². The van der Waals surface area contributed by atoms with E-state index in [1.807, 2.05) is 0 Å². The Hall–Kier alpha value is -0.200. The summed E-state index contributed by atoms with van der Waals surface area (Å²) in [5, 5.41) is 6.98. The van der Waals surface area contributed by atoms with E-state index in [-0.39, 0.29) is 6.10 Å². The van der Waals surface area contributed by atoms with Crippen LogP contribution in [0.2, 0.25) is 0 Å². The zero-order valence-corrected chi connectivity index (χ0v) is 11.9. The van der Waals surface area contributed by atoms with Crippen LogP contribution in [0.1, 0.15) is 13.3 Å². The lowest BCUT2D eigenvalue weighted by molar-refractivity contribution is 0.0283. The minimum absolute atomic E-state index is 0.124. The molecule has 0 aliphatic carbocycles. The Labute approximate surface area is 111 Å². The molecule has 0 amide bonds. The van der Waals surface area contributed by atoms with Gasteiger partial charge in [0, 0.05) is 39.3 Å². The molecule has 5 heteroatoms. The summed E-state index contributed by atoms with van der Waals surface area (Å²) in [6.45, 7) is 7.34. The van der Waals surface area contributed by atoms with Gasteiger partial charge in [-0.1, -0.05) is 6.92 Å². The average Bonchev–Trinajstić information content (AvgIpc) is 2.82. The quantitative estimate of drug-likeness (QED) is 0.590. The first-order chi connectivity index (χ1) is 8.81. The van der Waals surface area contributed by atoms with Crippen molar-refractivity contribution < 1.29 is 14.2 Å². The molecule has 0 aromatic heterocycles. The Morgan fingerprint density at radius 1 is 1.33 bits per heavy atom. The summed E-state index contributed by atoms with van der Waals surface area (Å²) in [5.41, 5.74) is 0. The molecule has 3 unspecified atom stereocenters. The average molecular weight is 260 g/mol. The van der Waals surface area contributed by atoms with E-state index >= 15 is 0 Å². The van der Waals surface area contributed by atoms with E-state index in [1.165, 1.54) is 0 Å². The van der Waals surface area contributed by atoms with E-state index < -0.39 is 0 Å². The van der Waals surface area contributed by atoms with Crippen molar-refractivity contribution in [3.8, 4) is 0 Å². The number of nitrogens with one attached hydrogen (secondary N) is 2. The molecule has 1 fully saturated rings. The third-order valence-electron chi connectivity index (χ3n) is 3.32. The maximum Gasteiger partial charge on any atom is 0.0928 e. The maximum absolute atomic E-state index is 5.54. The highest BCUT2D eigenvalue weighted by atomic mass is 16.5. The van der Waals surface area contributed by atoms with Gasteiger partial charge in [0.25, 0.3) is 0 Å². The molecule has 0 bridgehead atoms. The topological polar surface area (TPSA) is 51.8 Å². The van der Waals surface area contributed by atoms with Gasteiger partial charge in [-0.15, -0.1) is 0 Å². The zero-order chi connectivity index (χ0) is 13.2. The summed E-state index contributed by atoms with van der Waals surface area (Å²) in [7, 11) is 3.41. The van der Waals surface area contributed by atoms with Crippen molar-refractivity contribution in [2.24, 2.45) is 5.92 Å². The van der Waals surface area contributed by atoms with Crippen LogP contribution in [0.4, 0.5) is 0 Å². The van der Waals surface area contributed by atoms with Crippen molar-refractivity contribution in [3.05, 3.63) is 0 Å². The standard InChI is InChI=1S/C13H28N2O3/c1-4-5-15-13-10-18-8-11(13)6-14-7-12(17-3)9-16-2/h11-15H,4-10H2,1-3H3. The lowest BCUT2D eigenvalue weighted by Gasteiger charge is -2.21. The molecule has 1 rings (SSSR count). The Balaban J connectivity index is 2.16. The lowest BCUT2D eigenvalue weighted by Crippen LogP contribution is -2.42. The molecule has 2 N–H and O–H groups in total. The first-order valence-corrected chi connectivity index (χ1v) is 6.85. The molecule has 0 aromatic carbocycles. The van der Waals surface area contributed by atoms with E-state index in [2.05, 4.69) is 17.6 Å². The van der Waals surface area contributed by atoms with Gasteiger partial charge in [0.1, 0.15) is 0 Å². The first-order valence-electron chi connectivity index (χ1n) is 6.85. The van der Waals surface area contributed by atoms with E-state index in [9.17, 15) is 0 Å². The number of rotatable bonds is 10. The van der Waals surface area contributed by atoms with E-state index in [4.69, 9.17) is 14.2 Å². The summed E-state index contributed by atoms with van der Waals surface area (Å²) in [4.78, 5) is 0. The molecule has 18 heavy (non-hydrogen) atoms. The Kier molecular flexibility index (Phi) is 8.54. The number of methoxy groups -OCH3 is 2. The largest absolute Gasteiger partial charge is 0.382 e. The molecule has 108 valence electrons. The summed E-state index contributed by atoms with van der Waals surface area (Å²) in [6, 6.07) is 0.487. The molecule has 1 heterocycles. The molecule has 1 aliphatic rings. The third kappa shape index (κ3) is 5.63. The SMILES string of the molecule is CCCNC1COCC1CNCC(COC)OC. The van der Waals surface area contributed by atoms with Gasteiger partial charge < -0.3 is 24.8 Å². The van der Waals surface area contributed by atoms with Gasteiger partial charge in [-0.05, 0) is 13.0 Å². The highest BCUT2D eigenvalue weighted by Crippen LogP contribution is 2.12. The molecule has 1 saturated heterocycles. The van der Waals surface area contributed by atoms with E-state index in [0.717, 1.165) is 39.3 Å². The maximum atomic E-state index is 5.54. The molecule has 5 nitrogen and oxygen atoms in total. The van der Waals surface area contributed by atoms with Crippen LogP contribution in [0.5, 0.6) is 0 Å². The highest BCUT2D eigenvalue weighted by molar-refractivity contribution is 4.83. The summed E-state index contributed by atoms with van der Waals surface area (Å²) < 4.78 is 15.9. The van der Waals surface area contributed by atoms with Crippen LogP contribution in [0.15, 0.2) is 0 Å². The van der Waals surface area contributed by atoms with Crippen molar-refractivity contribution in [1.82, 2.24) is 10.6 Å². The van der Waals surface area contributed by atoms with Gasteiger partial charge >= 0.3 is 0 Å². The lowest BCUT2D eigenvalue weighted by atomic mass is 10.0. The van der Waals surface area contributed by atoms with Crippen molar-refractivity contribution in [2.75, 3.05) is 53.7 Å². The Bertz CT molecular complexity index is 205. The molecular weight excluding hydrogens is 232 g/mol. The fourth-order valence-electron chi connectivity index (χ4n) is 2.18. The number of hydrogen-bond acceptors (Lipinski definition) is 5. The fraction of sp³-hybridized carbons (Fsp3) is 1.00. The van der Waals surface area contributed by atoms with Gasteiger partial charge in [0.05, 0.1) is 25.9 Å². The predicted molar refractivity (Wildman–Crippen MR) is 71.9 cm³/mol. The molecule has 1 aliphatic heterocycles. The zero-order valence-electron chi connectivity index (χ0n) is 11.9. The predicted octanol–water partition coefficient (Wildman–Crippen LogP) is 0.252. The molecule has 0 aromatic rings. The second-order valence-electron chi connectivity index (χ2n) is 4.83. The second kappa shape index (κ2) is 9.69. The smallest absolute Gasteiger partial charge is 0.0928 e. The minimum Gasteiger partial charge on any atom is -0.382 e. The third-order valence-corrected chi connectivity index (χ3v) is 3.32. The van der Waals surface area contributed by atoms with Crippen LogP contribution >= 0.6 is 0 Å². The number of ether oxygens (including phenoxy) is 3. The van der Waals surface area contributed by atoms with Crippen LogP contribution in [0, 0.1) is 5.92 Å². The minimum atomic E-state index is 0.124. The molecule has 0 saturated carbocycles. The molecule has 3 atom stereocenters. The van der Waals surface area contributed by atoms with Crippen LogP contribution in [-0.2, 0) is 14.2 Å². The summed E-state index contributed by atoms with van der Waals surface area (Å²) >= 11 is 0. The highest BCUT2D eigenvalue weighted by Gasteiger charge is 2.27. The van der Waals surface area contributed by atoms with E-state index in [1.54, 1.807) is 14.2 Å². The second-order valence-corrected chi connectivity index (χ2v) is 4.83. The van der Waals surface area contributed by atoms with Crippen LogP contribution in [-0.4, -0.2) is 65.8 Å². The number of hydrogen-bond donors (Lipinski definition) is 2. The summed E-state index contributed by atoms with van der Waals surface area (Å²) in [5.74, 6) is 0.552. The first kappa shape index (κ1) is 15.9. The van der Waals surface area contributed by atoms with Crippen LogP contribution < -0.4 is 10.6 Å². The van der Waals surface area contributed by atoms with Crippen LogP contribution in [0.25, 0.3) is 0 Å². The van der Waals surface area contributed by atoms with Crippen LogP contribution in [0.3, 0.4) is 0 Å². The molecular formula is C13H28N2O3. The van der Waals surface area contributed by atoms with Crippen molar-refractivity contribution in [3.63, 3.8) is 0 Å². The van der Waals surface area contributed by atoms with Gasteiger partial charge in [-0.2, -0.15) is 0 Å². The Morgan fingerprint density at radius 2 is 2.17 bits per heavy atom. The fourth-order valence-corrected chi connectivity index (χ4v) is 2.18. The molecule has 0 spiro atoms. The molecule has 0 radical (unpaired) electrons. The van der Waals surface area contributed by atoms with Crippen molar-refractivity contribution >= 4 is 0 Å². The monoisotopic (exact) mass is 260 g/mol. The van der Waals surface area contributed by atoms with Gasteiger partial charge in [-0.25, -0.2) is 0 Å². The van der Waals surface area contributed by atoms with Crippen molar-refractivity contribution in [2.45, 2.75) is 25.5 Å². The normalized spacial score (nSPS) is 25.5. The van der Waals surface area contributed by atoms with Crippen molar-refractivity contribution in [1.29, 1.82) is 0 Å². The van der Waals surface area contributed by atoms with E-state index in [0.29, 0.717) is 18.6 Å². The Morgan fingerprint density at radius 3 is 2.83 bits per heavy atom. The summed E-state index contributed by atoms with van der Waals surface area (Å²) in [6.07, 6.45) is 1.29. The van der Waals surface area contributed by atoms with Gasteiger partial charge in [-0.3, -0.25) is 0 Å².